The largest absolute Gasteiger partial charge is 0.416 e. The van der Waals surface area contributed by atoms with E-state index in [0.29, 0.717) is 16.7 Å². The number of halogens is 3. The summed E-state index contributed by atoms with van der Waals surface area (Å²) >= 11 is 0. The molecule has 11 heteroatoms. The highest BCUT2D eigenvalue weighted by Gasteiger charge is 2.32. The third kappa shape index (κ3) is 5.19. The molecule has 8 nitrogen and oxygen atoms in total. The van der Waals surface area contributed by atoms with Crippen LogP contribution >= 0.6 is 0 Å². The van der Waals surface area contributed by atoms with Gasteiger partial charge in [-0.2, -0.15) is 23.5 Å². The Labute approximate surface area is 193 Å². The first-order chi connectivity index (χ1) is 15.9. The fourth-order valence-electron chi connectivity index (χ4n) is 3.67. The quantitative estimate of drug-likeness (QED) is 0.371. The number of anilines is 1. The molecule has 0 aliphatic rings. The highest BCUT2D eigenvalue weighted by molar-refractivity contribution is 5.96. The van der Waals surface area contributed by atoms with Crippen LogP contribution in [0.5, 0.6) is 0 Å². The Kier molecular flexibility index (Phi) is 6.95. The van der Waals surface area contributed by atoms with Crippen molar-refractivity contribution in [2.45, 2.75) is 26.1 Å². The van der Waals surface area contributed by atoms with Crippen LogP contribution in [0, 0.1) is 11.3 Å². The third-order valence-electron chi connectivity index (χ3n) is 5.11. The fraction of sp³-hybridized carbons (Fsp3) is 0.261. The van der Waals surface area contributed by atoms with Crippen molar-refractivity contribution in [3.63, 3.8) is 0 Å². The van der Waals surface area contributed by atoms with Crippen LogP contribution in [0.1, 0.15) is 36.6 Å². The molecule has 0 aliphatic heterocycles. The molecule has 0 saturated carbocycles. The van der Waals surface area contributed by atoms with E-state index in [9.17, 15) is 28.4 Å². The smallest absolute Gasteiger partial charge is 0.359 e. The van der Waals surface area contributed by atoms with Crippen LogP contribution in [0.2, 0.25) is 0 Å². The van der Waals surface area contributed by atoms with Crippen LogP contribution in [0.25, 0.3) is 11.5 Å². The molecule has 3 rings (SSSR count). The first-order valence-electron chi connectivity index (χ1n) is 10.0. The summed E-state index contributed by atoms with van der Waals surface area (Å²) in [6.45, 7) is 2.82. The minimum atomic E-state index is -4.53. The number of benzene rings is 2. The van der Waals surface area contributed by atoms with Gasteiger partial charge < -0.3 is 15.0 Å². The topological polar surface area (TPSA) is 107 Å². The summed E-state index contributed by atoms with van der Waals surface area (Å²) in [5.41, 5.74) is 0.720. The fourth-order valence-corrected chi connectivity index (χ4v) is 3.67. The average molecular weight is 473 g/mol. The first kappa shape index (κ1) is 24.8. The molecule has 1 heterocycles. The zero-order valence-corrected chi connectivity index (χ0v) is 18.8. The van der Waals surface area contributed by atoms with Gasteiger partial charge in [-0.25, -0.2) is 0 Å². The van der Waals surface area contributed by atoms with Crippen molar-refractivity contribution in [1.29, 1.82) is 5.26 Å². The zero-order valence-electron chi connectivity index (χ0n) is 18.8. The number of carbonyl (C=O) groups excluding carboxylic acids is 1. The molecule has 0 fully saturated rings. The molecule has 178 valence electrons. The van der Waals surface area contributed by atoms with Crippen LogP contribution in [-0.2, 0) is 18.0 Å². The number of allylic oxidation sites excluding steroid dienone is 1. The zero-order chi connectivity index (χ0) is 25.2. The second kappa shape index (κ2) is 9.54. The number of alkyl halides is 3. The maximum absolute atomic E-state index is 13.1. The van der Waals surface area contributed by atoms with Gasteiger partial charge in [0.2, 0.25) is 0 Å². The summed E-state index contributed by atoms with van der Waals surface area (Å²) in [6, 6.07) is 10.1. The average Bonchev–Trinajstić information content (AvgIpc) is 2.74. The van der Waals surface area contributed by atoms with E-state index in [2.05, 4.69) is 10.4 Å². The van der Waals surface area contributed by atoms with Gasteiger partial charge in [0.1, 0.15) is 0 Å². The van der Waals surface area contributed by atoms with E-state index in [1.54, 1.807) is 13.1 Å². The van der Waals surface area contributed by atoms with Crippen molar-refractivity contribution >= 4 is 11.5 Å². The van der Waals surface area contributed by atoms with Crippen molar-refractivity contribution in [2.75, 3.05) is 12.4 Å². The molecule has 0 aliphatic carbocycles. The van der Waals surface area contributed by atoms with E-state index in [1.165, 1.54) is 50.0 Å². The van der Waals surface area contributed by atoms with Crippen molar-refractivity contribution in [3.8, 4) is 17.5 Å². The Bertz CT molecular complexity index is 1270. The Morgan fingerprint density at radius 2 is 1.94 bits per heavy atom. The summed E-state index contributed by atoms with van der Waals surface area (Å²) < 4.78 is 44.7. The van der Waals surface area contributed by atoms with E-state index in [1.807, 2.05) is 6.07 Å². The molecule has 0 bridgehead atoms. The van der Waals surface area contributed by atoms with Gasteiger partial charge in [-0.05, 0) is 49.7 Å². The molecule has 0 radical (unpaired) electrons. The number of nitrogens with one attached hydrogen (secondary N) is 1. The van der Waals surface area contributed by atoms with Crippen molar-refractivity contribution in [3.05, 3.63) is 70.4 Å². The summed E-state index contributed by atoms with van der Waals surface area (Å²) in [4.78, 5) is 13.9. The van der Waals surface area contributed by atoms with Crippen molar-refractivity contribution < 1.29 is 27.7 Å². The summed E-state index contributed by atoms with van der Waals surface area (Å²) in [5.74, 6) is -0.236. The molecule has 3 aromatic rings. The van der Waals surface area contributed by atoms with E-state index >= 15 is 0 Å². The van der Waals surface area contributed by atoms with Gasteiger partial charge in [0.05, 0.1) is 30.3 Å². The first-order valence-corrected chi connectivity index (χ1v) is 10.0. The molecule has 0 spiro atoms. The number of likely N-dealkylation sites (N-methyl/N-ethyl adjacent to an activating group) is 1. The summed E-state index contributed by atoms with van der Waals surface area (Å²) in [7, 11) is 2.90. The second-order valence-corrected chi connectivity index (χ2v) is 7.65. The molecular formula is C23H22F3N5O3. The van der Waals surface area contributed by atoms with E-state index < -0.39 is 23.6 Å². The Balaban J connectivity index is 2.14. The maximum Gasteiger partial charge on any atom is 0.416 e. The number of carbonyl (C=O) groups is 1. The van der Waals surface area contributed by atoms with Gasteiger partial charge in [-0.15, -0.1) is 4.85 Å². The number of rotatable bonds is 7. The number of Topliss-reactive ketones (excluding diaryl/α,β-unsaturated/α-hetero) is 1. The molecule has 2 N–H and O–H groups in total. The molecule has 34 heavy (non-hydrogen) atoms. The van der Waals surface area contributed by atoms with Crippen molar-refractivity contribution in [2.24, 2.45) is 7.05 Å². The molecule has 0 saturated heterocycles. The molecule has 1 unspecified atom stereocenters. The molecule has 1 atom stereocenters. The van der Waals surface area contributed by atoms with Crippen LogP contribution in [-0.4, -0.2) is 33.1 Å². The van der Waals surface area contributed by atoms with Crippen molar-refractivity contribution in [1.82, 2.24) is 15.0 Å². The van der Waals surface area contributed by atoms with Crippen LogP contribution in [0.3, 0.4) is 0 Å². The monoisotopic (exact) mass is 473 g/mol. The molecule has 1 aromatic heterocycles. The predicted octanol–water partition coefficient (Wildman–Crippen LogP) is 4.91. The minimum Gasteiger partial charge on any atom is -0.359 e. The number of nitrogens with zero attached hydrogens (tertiary/aromatic N) is 4. The number of aryl methyl sites for hydroxylation is 1. The number of ketones is 1. The van der Waals surface area contributed by atoms with Gasteiger partial charge in [-0.1, -0.05) is 17.2 Å². The lowest BCUT2D eigenvalue weighted by Gasteiger charge is -2.28. The third-order valence-corrected chi connectivity index (χ3v) is 5.11. The molecular weight excluding hydrogens is 451 g/mol. The standard InChI is InChI=1S/C23H22F3N5O3/c1-13(28-17-7-5-6-16(11-17)23(24,25)26)20(14(2)32)21(30(3)33)18-9-8-15(12-27)10-19(18)22-29-31(4)34-22/h5-11,21,28,33H,1-4H3/b20-13-. The number of hydroxylamine groups is 2. The highest BCUT2D eigenvalue weighted by Crippen LogP contribution is 2.37. The normalized spacial score (nSPS) is 13.4. The number of nitriles is 1. The Morgan fingerprint density at radius 1 is 1.26 bits per heavy atom. The Hall–Kier alpha value is -3.88. The molecule has 2 aromatic carbocycles. The summed E-state index contributed by atoms with van der Waals surface area (Å²) in [6.07, 6.45) is -4.53. The van der Waals surface area contributed by atoms with E-state index in [4.69, 9.17) is 4.52 Å². The van der Waals surface area contributed by atoms with Gasteiger partial charge >= 0.3 is 6.18 Å². The maximum atomic E-state index is 13.1. The molecule has 0 amide bonds. The second-order valence-electron chi connectivity index (χ2n) is 7.65. The highest BCUT2D eigenvalue weighted by atomic mass is 19.4. The SMILES string of the molecule is CC(=O)/C(=C(\C)Nc1cccc(C(F)(F)F)c1)C(c1ccc(C#N)cc1-c1nn(C)o1)N(C)O. The van der Waals surface area contributed by atoms with Crippen LogP contribution in [0.4, 0.5) is 18.9 Å². The lowest BCUT2D eigenvalue weighted by Crippen LogP contribution is -2.28. The van der Waals surface area contributed by atoms with Crippen LogP contribution in [0.15, 0.2) is 58.3 Å². The summed E-state index contributed by atoms with van der Waals surface area (Å²) in [5, 5.41) is 27.6. The van der Waals surface area contributed by atoms with Gasteiger partial charge in [0, 0.05) is 29.6 Å². The Morgan fingerprint density at radius 3 is 2.47 bits per heavy atom. The van der Waals surface area contributed by atoms with E-state index in [0.717, 1.165) is 17.2 Å². The lowest BCUT2D eigenvalue weighted by molar-refractivity contribution is -0.137. The van der Waals surface area contributed by atoms with Crippen LogP contribution < -0.4 is 5.32 Å². The minimum absolute atomic E-state index is 0.0987. The predicted molar refractivity (Wildman–Crippen MR) is 116 cm³/mol. The number of aromatic nitrogens is 2. The van der Waals surface area contributed by atoms with Gasteiger partial charge in [-0.3, -0.25) is 4.79 Å². The van der Waals surface area contributed by atoms with Gasteiger partial charge in [0.25, 0.3) is 5.89 Å². The number of hydrogen-bond donors (Lipinski definition) is 2. The van der Waals surface area contributed by atoms with E-state index in [-0.39, 0.29) is 22.8 Å². The lowest BCUT2D eigenvalue weighted by atomic mass is 9.89. The number of hydrogen-bond acceptors (Lipinski definition) is 7. The van der Waals surface area contributed by atoms with Gasteiger partial charge in [0.15, 0.2) is 5.78 Å².